The van der Waals surface area contributed by atoms with E-state index < -0.39 is 5.97 Å². The van der Waals surface area contributed by atoms with Gasteiger partial charge < -0.3 is 14.7 Å². The lowest BCUT2D eigenvalue weighted by Crippen LogP contribution is -2.36. The van der Waals surface area contributed by atoms with Crippen LogP contribution in [-0.4, -0.2) is 48.7 Å². The zero-order valence-electron chi connectivity index (χ0n) is 12.1. The van der Waals surface area contributed by atoms with Crippen molar-refractivity contribution in [3.8, 4) is 0 Å². The monoisotopic (exact) mass is 279 g/mol. The fraction of sp³-hybridized carbons (Fsp3) is 0.467. The molecule has 1 aromatic rings. The normalized spacial score (nSPS) is 10.6. The summed E-state index contributed by atoms with van der Waals surface area (Å²) in [5.74, 6) is -0.871. The summed E-state index contributed by atoms with van der Waals surface area (Å²) in [4.78, 5) is 25.1. The van der Waals surface area contributed by atoms with E-state index in [4.69, 9.17) is 9.84 Å². The number of nitrogens with zero attached hydrogens (tertiary/aromatic N) is 1. The van der Waals surface area contributed by atoms with Crippen molar-refractivity contribution >= 4 is 11.9 Å². The fourth-order valence-electron chi connectivity index (χ4n) is 1.89. The standard InChI is InChI=1S/C15H21NO4/c1-11(2)10-16(7-8-20-3)14(17)12-5-4-6-13(9-12)15(18)19/h4-6,9,11H,7-8,10H2,1-3H3,(H,18,19). The first-order chi connectivity index (χ1) is 9.45. The first kappa shape index (κ1) is 16.2. The molecule has 1 aromatic carbocycles. The van der Waals surface area contributed by atoms with Crippen molar-refractivity contribution in [2.24, 2.45) is 5.92 Å². The largest absolute Gasteiger partial charge is 0.478 e. The smallest absolute Gasteiger partial charge is 0.335 e. The Morgan fingerprint density at radius 1 is 1.30 bits per heavy atom. The van der Waals surface area contributed by atoms with Gasteiger partial charge in [-0.2, -0.15) is 0 Å². The van der Waals surface area contributed by atoms with Crippen LogP contribution >= 0.6 is 0 Å². The molecule has 0 spiro atoms. The third-order valence-electron chi connectivity index (χ3n) is 2.79. The molecular formula is C15H21NO4. The molecule has 5 nitrogen and oxygen atoms in total. The molecule has 0 aliphatic heterocycles. The quantitative estimate of drug-likeness (QED) is 0.830. The molecule has 0 atom stereocenters. The lowest BCUT2D eigenvalue weighted by molar-refractivity contribution is 0.0672. The second-order valence-electron chi connectivity index (χ2n) is 5.02. The molecule has 0 heterocycles. The van der Waals surface area contributed by atoms with E-state index in [1.807, 2.05) is 13.8 Å². The molecule has 0 aliphatic rings. The SMILES string of the molecule is COCCN(CC(C)C)C(=O)c1cccc(C(=O)O)c1. The third kappa shape index (κ3) is 4.66. The van der Waals surface area contributed by atoms with Gasteiger partial charge in [-0.3, -0.25) is 4.79 Å². The highest BCUT2D eigenvalue weighted by Crippen LogP contribution is 2.10. The molecule has 0 unspecified atom stereocenters. The van der Waals surface area contributed by atoms with Crippen LogP contribution in [0.5, 0.6) is 0 Å². The molecule has 0 bridgehead atoms. The number of carbonyl (C=O) groups excluding carboxylic acids is 1. The van der Waals surface area contributed by atoms with Gasteiger partial charge in [-0.25, -0.2) is 4.79 Å². The van der Waals surface area contributed by atoms with Gasteiger partial charge in [-0.05, 0) is 24.1 Å². The van der Waals surface area contributed by atoms with Gasteiger partial charge in [-0.1, -0.05) is 19.9 Å². The van der Waals surface area contributed by atoms with Crippen LogP contribution in [0.25, 0.3) is 0 Å². The summed E-state index contributed by atoms with van der Waals surface area (Å²) < 4.78 is 5.01. The van der Waals surface area contributed by atoms with Crippen molar-refractivity contribution < 1.29 is 19.4 Å². The molecule has 1 rings (SSSR count). The van der Waals surface area contributed by atoms with E-state index in [-0.39, 0.29) is 11.5 Å². The van der Waals surface area contributed by atoms with E-state index in [1.165, 1.54) is 12.1 Å². The molecule has 0 saturated carbocycles. The molecule has 1 N–H and O–H groups in total. The maximum atomic E-state index is 12.4. The van der Waals surface area contributed by atoms with E-state index in [2.05, 4.69) is 0 Å². The Morgan fingerprint density at radius 3 is 2.50 bits per heavy atom. The number of carboxylic acids is 1. The van der Waals surface area contributed by atoms with Crippen LogP contribution in [0.2, 0.25) is 0 Å². The van der Waals surface area contributed by atoms with Crippen molar-refractivity contribution in [3.63, 3.8) is 0 Å². The predicted molar refractivity (Wildman–Crippen MR) is 76.0 cm³/mol. The van der Waals surface area contributed by atoms with Gasteiger partial charge in [0.05, 0.1) is 12.2 Å². The van der Waals surface area contributed by atoms with E-state index >= 15 is 0 Å². The number of amides is 1. The predicted octanol–water partition coefficient (Wildman–Crippen LogP) is 2.13. The molecule has 0 fully saturated rings. The Morgan fingerprint density at radius 2 is 1.95 bits per heavy atom. The first-order valence-electron chi connectivity index (χ1n) is 6.57. The molecular weight excluding hydrogens is 258 g/mol. The van der Waals surface area contributed by atoms with Crippen molar-refractivity contribution in [2.45, 2.75) is 13.8 Å². The van der Waals surface area contributed by atoms with E-state index in [0.29, 0.717) is 31.2 Å². The topological polar surface area (TPSA) is 66.8 Å². The summed E-state index contributed by atoms with van der Waals surface area (Å²) in [6.45, 7) is 5.61. The summed E-state index contributed by atoms with van der Waals surface area (Å²) in [5, 5.41) is 8.97. The number of benzene rings is 1. The first-order valence-corrected chi connectivity index (χ1v) is 6.57. The molecule has 110 valence electrons. The van der Waals surface area contributed by atoms with Gasteiger partial charge in [0.2, 0.25) is 0 Å². The van der Waals surface area contributed by atoms with Crippen LogP contribution in [0, 0.1) is 5.92 Å². The summed E-state index contributed by atoms with van der Waals surface area (Å²) in [7, 11) is 1.59. The number of carbonyl (C=O) groups is 2. The van der Waals surface area contributed by atoms with Crippen LogP contribution in [0.3, 0.4) is 0 Å². The van der Waals surface area contributed by atoms with Gasteiger partial charge in [0, 0.05) is 25.8 Å². The minimum absolute atomic E-state index is 0.118. The number of ether oxygens (including phenoxy) is 1. The number of hydrogen-bond donors (Lipinski definition) is 1. The van der Waals surface area contributed by atoms with Gasteiger partial charge in [-0.15, -0.1) is 0 Å². The van der Waals surface area contributed by atoms with Crippen LogP contribution in [-0.2, 0) is 4.74 Å². The Bertz CT molecular complexity index is 471. The number of rotatable bonds is 7. The minimum Gasteiger partial charge on any atom is -0.478 e. The van der Waals surface area contributed by atoms with Gasteiger partial charge in [0.15, 0.2) is 0 Å². The molecule has 20 heavy (non-hydrogen) atoms. The second-order valence-corrected chi connectivity index (χ2v) is 5.02. The van der Waals surface area contributed by atoms with Gasteiger partial charge >= 0.3 is 5.97 Å². The van der Waals surface area contributed by atoms with Crippen LogP contribution in [0.4, 0.5) is 0 Å². The lowest BCUT2D eigenvalue weighted by atomic mass is 10.1. The van der Waals surface area contributed by atoms with E-state index in [0.717, 1.165) is 0 Å². The maximum Gasteiger partial charge on any atom is 0.335 e. The van der Waals surface area contributed by atoms with E-state index in [9.17, 15) is 9.59 Å². The van der Waals surface area contributed by atoms with Crippen molar-refractivity contribution in [3.05, 3.63) is 35.4 Å². The third-order valence-corrected chi connectivity index (χ3v) is 2.79. The number of carboxylic acid groups (broad SMARTS) is 1. The Balaban J connectivity index is 2.92. The molecule has 1 amide bonds. The number of aromatic carboxylic acids is 1. The Hall–Kier alpha value is -1.88. The zero-order chi connectivity index (χ0) is 15.1. The van der Waals surface area contributed by atoms with E-state index in [1.54, 1.807) is 24.1 Å². The van der Waals surface area contributed by atoms with Crippen molar-refractivity contribution in [2.75, 3.05) is 26.8 Å². The second kappa shape index (κ2) is 7.65. The fourth-order valence-corrected chi connectivity index (χ4v) is 1.89. The van der Waals surface area contributed by atoms with Crippen molar-refractivity contribution in [1.82, 2.24) is 4.90 Å². The Labute approximate surface area is 119 Å². The summed E-state index contributed by atoms with van der Waals surface area (Å²) >= 11 is 0. The van der Waals surface area contributed by atoms with Crippen LogP contribution in [0.15, 0.2) is 24.3 Å². The lowest BCUT2D eigenvalue weighted by Gasteiger charge is -2.24. The number of hydrogen-bond acceptors (Lipinski definition) is 3. The highest BCUT2D eigenvalue weighted by molar-refractivity contribution is 5.97. The van der Waals surface area contributed by atoms with Gasteiger partial charge in [0.25, 0.3) is 5.91 Å². The average molecular weight is 279 g/mol. The molecule has 5 heteroatoms. The highest BCUT2D eigenvalue weighted by atomic mass is 16.5. The molecule has 0 saturated heterocycles. The highest BCUT2D eigenvalue weighted by Gasteiger charge is 2.17. The van der Waals surface area contributed by atoms with Crippen molar-refractivity contribution in [1.29, 1.82) is 0 Å². The number of methoxy groups -OCH3 is 1. The van der Waals surface area contributed by atoms with Crippen LogP contribution in [0.1, 0.15) is 34.6 Å². The summed E-state index contributed by atoms with van der Waals surface area (Å²) in [5.41, 5.74) is 0.508. The van der Waals surface area contributed by atoms with Crippen LogP contribution < -0.4 is 0 Å². The molecule has 0 radical (unpaired) electrons. The molecule has 0 aliphatic carbocycles. The Kier molecular flexibility index (Phi) is 6.18. The molecule has 0 aromatic heterocycles. The average Bonchev–Trinajstić information content (AvgIpc) is 2.42. The maximum absolute atomic E-state index is 12.4. The zero-order valence-corrected chi connectivity index (χ0v) is 12.1. The van der Waals surface area contributed by atoms with Gasteiger partial charge in [0.1, 0.15) is 0 Å². The summed E-state index contributed by atoms with van der Waals surface area (Å²) in [6, 6.07) is 6.10. The summed E-state index contributed by atoms with van der Waals surface area (Å²) in [6.07, 6.45) is 0. The minimum atomic E-state index is -1.04.